The van der Waals surface area contributed by atoms with Crippen LogP contribution in [-0.2, 0) is 4.79 Å². The van der Waals surface area contributed by atoms with Crippen LogP contribution in [0.2, 0.25) is 0 Å². The maximum absolute atomic E-state index is 12.2. The molecule has 118 valence electrons. The number of hydrogen-bond acceptors (Lipinski definition) is 4. The molecule has 0 atom stereocenters. The van der Waals surface area contributed by atoms with Crippen molar-refractivity contribution in [2.75, 3.05) is 0 Å². The largest absolute Gasteiger partial charge is 0.480 e. The highest BCUT2D eigenvalue weighted by atomic mass is 16.6. The van der Waals surface area contributed by atoms with Crippen LogP contribution in [0.1, 0.15) is 54.9 Å². The number of nitrogens with zero attached hydrogens (tertiary/aromatic N) is 1. The number of carbonyl (C=O) groups is 2. The van der Waals surface area contributed by atoms with Gasteiger partial charge in [0.2, 0.25) is 0 Å². The van der Waals surface area contributed by atoms with E-state index >= 15 is 0 Å². The topological polar surface area (TPSA) is 110 Å². The van der Waals surface area contributed by atoms with Crippen molar-refractivity contribution >= 4 is 17.6 Å². The van der Waals surface area contributed by atoms with E-state index in [9.17, 15) is 24.8 Å². The minimum Gasteiger partial charge on any atom is -0.480 e. The Hall–Kier alpha value is -2.44. The first-order valence-corrected chi connectivity index (χ1v) is 7.11. The highest BCUT2D eigenvalue weighted by Crippen LogP contribution is 2.33. The minimum absolute atomic E-state index is 0.0468. The Balaban J connectivity index is 2.29. The van der Waals surface area contributed by atoms with E-state index in [1.54, 1.807) is 6.07 Å². The van der Waals surface area contributed by atoms with Gasteiger partial charge >= 0.3 is 5.97 Å². The van der Waals surface area contributed by atoms with Gasteiger partial charge in [0.15, 0.2) is 0 Å². The van der Waals surface area contributed by atoms with Crippen molar-refractivity contribution in [3.05, 3.63) is 39.4 Å². The van der Waals surface area contributed by atoms with E-state index in [2.05, 4.69) is 5.32 Å². The van der Waals surface area contributed by atoms with E-state index in [1.807, 2.05) is 13.8 Å². The van der Waals surface area contributed by atoms with Gasteiger partial charge in [-0.05, 0) is 31.2 Å². The number of carboxylic acids is 1. The van der Waals surface area contributed by atoms with Gasteiger partial charge in [-0.15, -0.1) is 0 Å². The Morgan fingerprint density at radius 1 is 1.36 bits per heavy atom. The van der Waals surface area contributed by atoms with Crippen LogP contribution >= 0.6 is 0 Å². The molecule has 1 aromatic carbocycles. The number of amides is 1. The molecule has 0 radical (unpaired) electrons. The second kappa shape index (κ2) is 5.75. The summed E-state index contributed by atoms with van der Waals surface area (Å²) in [4.78, 5) is 34.1. The van der Waals surface area contributed by atoms with Crippen molar-refractivity contribution in [1.82, 2.24) is 5.32 Å². The Morgan fingerprint density at radius 2 is 2.00 bits per heavy atom. The Labute approximate surface area is 127 Å². The van der Waals surface area contributed by atoms with Gasteiger partial charge in [-0.3, -0.25) is 14.9 Å². The molecule has 0 bridgehead atoms. The molecule has 0 aromatic heterocycles. The monoisotopic (exact) mass is 306 g/mol. The predicted octanol–water partition coefficient (Wildman–Crippen LogP) is 2.46. The summed E-state index contributed by atoms with van der Waals surface area (Å²) >= 11 is 0. The minimum atomic E-state index is -1.23. The zero-order valence-electron chi connectivity index (χ0n) is 12.5. The maximum Gasteiger partial charge on any atom is 0.329 e. The third-order valence-electron chi connectivity index (χ3n) is 4.08. The quantitative estimate of drug-likeness (QED) is 0.641. The molecule has 1 aliphatic rings. The highest BCUT2D eigenvalue weighted by molar-refractivity contribution is 5.98. The van der Waals surface area contributed by atoms with Crippen LogP contribution in [-0.4, -0.2) is 27.4 Å². The Kier molecular flexibility index (Phi) is 4.16. The van der Waals surface area contributed by atoms with Crippen molar-refractivity contribution in [3.63, 3.8) is 0 Å². The van der Waals surface area contributed by atoms with E-state index in [0.29, 0.717) is 18.4 Å². The molecule has 1 aliphatic carbocycles. The van der Waals surface area contributed by atoms with E-state index < -0.39 is 22.3 Å². The standard InChI is InChI=1S/C15H18N2O5/c1-9(2)11-5-4-10(8-12(11)17(21)22)13(18)16-15(14(19)20)6-3-7-15/h4-5,8-9H,3,6-7H2,1-2H3,(H,16,18)(H,19,20). The molecular formula is C15H18N2O5. The summed E-state index contributed by atoms with van der Waals surface area (Å²) in [5.41, 5.74) is -0.717. The van der Waals surface area contributed by atoms with Gasteiger partial charge in [0, 0.05) is 17.2 Å². The lowest BCUT2D eigenvalue weighted by molar-refractivity contribution is -0.385. The molecule has 0 unspecified atom stereocenters. The molecule has 1 amide bonds. The summed E-state index contributed by atoms with van der Waals surface area (Å²) in [6.07, 6.45) is 1.49. The van der Waals surface area contributed by atoms with Crippen LogP contribution in [0.15, 0.2) is 18.2 Å². The second-order valence-electron chi connectivity index (χ2n) is 5.88. The van der Waals surface area contributed by atoms with Crippen LogP contribution in [0.4, 0.5) is 5.69 Å². The Bertz CT molecular complexity index is 635. The van der Waals surface area contributed by atoms with E-state index in [1.165, 1.54) is 12.1 Å². The van der Waals surface area contributed by atoms with Gasteiger partial charge in [-0.1, -0.05) is 19.9 Å². The average Bonchev–Trinajstić information content (AvgIpc) is 2.41. The maximum atomic E-state index is 12.2. The summed E-state index contributed by atoms with van der Waals surface area (Å²) in [7, 11) is 0. The molecule has 7 heteroatoms. The summed E-state index contributed by atoms with van der Waals surface area (Å²) < 4.78 is 0. The predicted molar refractivity (Wildman–Crippen MR) is 78.9 cm³/mol. The van der Waals surface area contributed by atoms with Crippen LogP contribution < -0.4 is 5.32 Å². The number of hydrogen-bond donors (Lipinski definition) is 2. The number of nitro groups is 1. The molecule has 22 heavy (non-hydrogen) atoms. The van der Waals surface area contributed by atoms with E-state index in [0.717, 1.165) is 6.42 Å². The number of carboxylic acid groups (broad SMARTS) is 1. The molecule has 1 fully saturated rings. The van der Waals surface area contributed by atoms with Crippen LogP contribution in [0.25, 0.3) is 0 Å². The molecular weight excluding hydrogens is 288 g/mol. The van der Waals surface area contributed by atoms with Gasteiger partial charge < -0.3 is 10.4 Å². The molecule has 7 nitrogen and oxygen atoms in total. The molecule has 2 rings (SSSR count). The molecule has 2 N–H and O–H groups in total. The van der Waals surface area contributed by atoms with Crippen molar-refractivity contribution in [2.45, 2.75) is 44.6 Å². The van der Waals surface area contributed by atoms with Gasteiger partial charge in [-0.2, -0.15) is 0 Å². The van der Waals surface area contributed by atoms with Crippen LogP contribution in [0.3, 0.4) is 0 Å². The third kappa shape index (κ3) is 2.79. The van der Waals surface area contributed by atoms with Crippen molar-refractivity contribution < 1.29 is 19.6 Å². The number of rotatable bonds is 5. The lowest BCUT2D eigenvalue weighted by Gasteiger charge is -2.38. The first-order chi connectivity index (χ1) is 10.3. The van der Waals surface area contributed by atoms with Crippen LogP contribution in [0, 0.1) is 10.1 Å². The summed E-state index contributed by atoms with van der Waals surface area (Å²) in [5.74, 6) is -1.71. The molecule has 1 saturated carbocycles. The molecule has 0 saturated heterocycles. The number of nitrogens with one attached hydrogen (secondary N) is 1. The van der Waals surface area contributed by atoms with Gasteiger partial charge in [0.05, 0.1) is 4.92 Å². The number of aliphatic carboxylic acids is 1. The average molecular weight is 306 g/mol. The Morgan fingerprint density at radius 3 is 2.41 bits per heavy atom. The fraction of sp³-hybridized carbons (Fsp3) is 0.467. The number of carbonyl (C=O) groups excluding carboxylic acids is 1. The summed E-state index contributed by atoms with van der Waals surface area (Å²) in [5, 5.41) is 22.9. The van der Waals surface area contributed by atoms with Gasteiger partial charge in [-0.25, -0.2) is 4.79 Å². The summed E-state index contributed by atoms with van der Waals surface area (Å²) in [6.45, 7) is 3.66. The molecule has 0 aliphatic heterocycles. The third-order valence-corrected chi connectivity index (χ3v) is 4.08. The number of benzene rings is 1. The van der Waals surface area contributed by atoms with Gasteiger partial charge in [0.1, 0.15) is 5.54 Å². The van der Waals surface area contributed by atoms with Crippen molar-refractivity contribution in [1.29, 1.82) is 0 Å². The highest BCUT2D eigenvalue weighted by Gasteiger charge is 2.45. The van der Waals surface area contributed by atoms with Crippen molar-refractivity contribution in [3.8, 4) is 0 Å². The van der Waals surface area contributed by atoms with Gasteiger partial charge in [0.25, 0.3) is 11.6 Å². The first-order valence-electron chi connectivity index (χ1n) is 7.11. The lowest BCUT2D eigenvalue weighted by Crippen LogP contribution is -2.59. The lowest BCUT2D eigenvalue weighted by atomic mass is 9.76. The van der Waals surface area contributed by atoms with E-state index in [-0.39, 0.29) is 17.2 Å². The van der Waals surface area contributed by atoms with Crippen LogP contribution in [0.5, 0.6) is 0 Å². The SMILES string of the molecule is CC(C)c1ccc(C(=O)NC2(C(=O)O)CCC2)cc1[N+](=O)[O-]. The smallest absolute Gasteiger partial charge is 0.329 e. The number of nitro benzene ring substituents is 1. The first kappa shape index (κ1) is 15.9. The molecule has 1 aromatic rings. The molecule has 0 heterocycles. The van der Waals surface area contributed by atoms with Crippen molar-refractivity contribution in [2.24, 2.45) is 0 Å². The molecule has 0 spiro atoms. The zero-order chi connectivity index (χ0) is 16.5. The summed E-state index contributed by atoms with van der Waals surface area (Å²) in [6, 6.07) is 4.25. The second-order valence-corrected chi connectivity index (χ2v) is 5.88. The van der Waals surface area contributed by atoms with E-state index in [4.69, 9.17) is 0 Å². The fourth-order valence-electron chi connectivity index (χ4n) is 2.54. The fourth-order valence-corrected chi connectivity index (χ4v) is 2.54. The normalized spacial score (nSPS) is 16.0. The zero-order valence-corrected chi connectivity index (χ0v) is 12.5.